The predicted molar refractivity (Wildman–Crippen MR) is 56.4 cm³/mol. The molecule has 0 aliphatic heterocycles. The lowest BCUT2D eigenvalue weighted by atomic mass is 10.4. The predicted octanol–water partition coefficient (Wildman–Crippen LogP) is -0.405. The molecule has 0 bridgehead atoms. The van der Waals surface area contributed by atoms with Crippen LogP contribution in [0.15, 0.2) is 0 Å². The summed E-state index contributed by atoms with van der Waals surface area (Å²) >= 11 is 0. The quantitative estimate of drug-likeness (QED) is 0.615. The summed E-state index contributed by atoms with van der Waals surface area (Å²) in [7, 11) is 3.09. The van der Waals surface area contributed by atoms with Gasteiger partial charge in [-0.3, -0.25) is 9.69 Å². The number of hydrogen-bond acceptors (Lipinski definition) is 6. The Hall–Kier alpha value is -1.50. The van der Waals surface area contributed by atoms with Crippen molar-refractivity contribution in [3.8, 4) is 0 Å². The first-order valence-corrected chi connectivity index (χ1v) is 5.17. The van der Waals surface area contributed by atoms with Crippen molar-refractivity contribution in [1.29, 1.82) is 0 Å². The summed E-state index contributed by atoms with van der Waals surface area (Å²) in [4.78, 5) is 14.5. The minimum atomic E-state index is -0.252. The molecule has 0 N–H and O–H groups in total. The molecule has 1 heterocycles. The first kappa shape index (κ1) is 12.6. The highest BCUT2D eigenvalue weighted by Crippen LogP contribution is 1.99. The maximum absolute atomic E-state index is 11.2. The number of aryl methyl sites for hydroxylation is 1. The summed E-state index contributed by atoms with van der Waals surface area (Å²) in [5.41, 5.74) is 0. The zero-order valence-corrected chi connectivity index (χ0v) is 9.88. The van der Waals surface area contributed by atoms with Gasteiger partial charge in [0.05, 0.1) is 27.2 Å². The van der Waals surface area contributed by atoms with Crippen LogP contribution in [0.1, 0.15) is 19.2 Å². The Morgan fingerprint density at radius 2 is 2.31 bits per heavy atom. The number of carbonyl (C=O) groups is 1. The number of nitrogens with zero attached hydrogens (tertiary/aromatic N) is 5. The van der Waals surface area contributed by atoms with Gasteiger partial charge >= 0.3 is 5.97 Å². The van der Waals surface area contributed by atoms with E-state index in [1.54, 1.807) is 7.05 Å². The minimum absolute atomic E-state index is 0.252. The number of hydrogen-bond donors (Lipinski definition) is 0. The molecule has 90 valence electrons. The highest BCUT2D eigenvalue weighted by Gasteiger charge is 2.13. The standard InChI is InChI=1S/C9H17N5O2/c1-4-5-14(7-9(15)16-3)6-8-10-12-13(2)11-8/h4-7H2,1-3H3. The van der Waals surface area contributed by atoms with Crippen molar-refractivity contribution in [3.63, 3.8) is 0 Å². The van der Waals surface area contributed by atoms with Crippen LogP contribution < -0.4 is 0 Å². The van der Waals surface area contributed by atoms with E-state index in [-0.39, 0.29) is 12.5 Å². The maximum Gasteiger partial charge on any atom is 0.319 e. The van der Waals surface area contributed by atoms with Gasteiger partial charge in [0.15, 0.2) is 5.82 Å². The molecule has 1 aromatic rings. The zero-order valence-electron chi connectivity index (χ0n) is 9.88. The number of aromatic nitrogens is 4. The lowest BCUT2D eigenvalue weighted by Crippen LogP contribution is -2.31. The van der Waals surface area contributed by atoms with Gasteiger partial charge in [-0.05, 0) is 18.2 Å². The van der Waals surface area contributed by atoms with Crippen molar-refractivity contribution in [1.82, 2.24) is 25.1 Å². The van der Waals surface area contributed by atoms with Crippen LogP contribution in [0.5, 0.6) is 0 Å². The van der Waals surface area contributed by atoms with Crippen molar-refractivity contribution in [3.05, 3.63) is 5.82 Å². The van der Waals surface area contributed by atoms with Crippen LogP contribution in [0.2, 0.25) is 0 Å². The monoisotopic (exact) mass is 227 g/mol. The van der Waals surface area contributed by atoms with Gasteiger partial charge in [-0.15, -0.1) is 10.2 Å². The van der Waals surface area contributed by atoms with E-state index in [9.17, 15) is 4.79 Å². The third kappa shape index (κ3) is 3.93. The van der Waals surface area contributed by atoms with Crippen LogP contribution in [0.25, 0.3) is 0 Å². The topological polar surface area (TPSA) is 73.1 Å². The zero-order chi connectivity index (χ0) is 12.0. The van der Waals surface area contributed by atoms with Gasteiger partial charge in [0.25, 0.3) is 0 Å². The van der Waals surface area contributed by atoms with E-state index in [1.165, 1.54) is 11.9 Å². The number of methoxy groups -OCH3 is 1. The van der Waals surface area contributed by atoms with Gasteiger partial charge < -0.3 is 4.74 Å². The summed E-state index contributed by atoms with van der Waals surface area (Å²) in [5.74, 6) is 0.359. The third-order valence-corrected chi connectivity index (χ3v) is 2.03. The molecule has 0 aromatic carbocycles. The number of esters is 1. The van der Waals surface area contributed by atoms with Gasteiger partial charge in [0, 0.05) is 0 Å². The fraction of sp³-hybridized carbons (Fsp3) is 0.778. The Morgan fingerprint density at radius 3 is 2.81 bits per heavy atom. The normalized spacial score (nSPS) is 10.8. The maximum atomic E-state index is 11.2. The van der Waals surface area contributed by atoms with E-state index in [0.29, 0.717) is 12.4 Å². The molecule has 1 rings (SSSR count). The lowest BCUT2D eigenvalue weighted by Gasteiger charge is -2.17. The molecule has 0 fully saturated rings. The highest BCUT2D eigenvalue weighted by molar-refractivity contribution is 5.71. The second kappa shape index (κ2) is 6.16. The molecule has 1 aromatic heterocycles. The SMILES string of the molecule is CCCN(CC(=O)OC)Cc1nnn(C)n1. The summed E-state index contributed by atoms with van der Waals surface area (Å²) < 4.78 is 4.63. The molecule has 0 spiro atoms. The van der Waals surface area contributed by atoms with E-state index in [2.05, 4.69) is 20.1 Å². The van der Waals surface area contributed by atoms with Crippen molar-refractivity contribution < 1.29 is 9.53 Å². The Balaban J connectivity index is 2.53. The Bertz CT molecular complexity index is 338. The van der Waals surface area contributed by atoms with E-state index in [1.807, 2.05) is 11.8 Å². The van der Waals surface area contributed by atoms with Crippen LogP contribution in [-0.2, 0) is 23.1 Å². The first-order chi connectivity index (χ1) is 7.65. The summed E-state index contributed by atoms with van der Waals surface area (Å²) in [6.07, 6.45) is 0.956. The largest absolute Gasteiger partial charge is 0.468 e. The molecule has 16 heavy (non-hydrogen) atoms. The van der Waals surface area contributed by atoms with Crippen LogP contribution in [0.3, 0.4) is 0 Å². The van der Waals surface area contributed by atoms with Crippen molar-refractivity contribution in [2.75, 3.05) is 20.2 Å². The first-order valence-electron chi connectivity index (χ1n) is 5.17. The van der Waals surface area contributed by atoms with Crippen LogP contribution in [0, 0.1) is 0 Å². The molecule has 7 nitrogen and oxygen atoms in total. The summed E-state index contributed by atoms with van der Waals surface area (Å²) in [6, 6.07) is 0. The molecule has 0 atom stereocenters. The average molecular weight is 227 g/mol. The molecule has 0 saturated heterocycles. The van der Waals surface area contributed by atoms with E-state index < -0.39 is 0 Å². The van der Waals surface area contributed by atoms with Gasteiger partial charge in [-0.2, -0.15) is 4.80 Å². The van der Waals surface area contributed by atoms with Crippen molar-refractivity contribution >= 4 is 5.97 Å². The molecule has 0 saturated carbocycles. The Labute approximate surface area is 94.4 Å². The molecular weight excluding hydrogens is 210 g/mol. The number of tetrazole rings is 1. The van der Waals surface area contributed by atoms with Crippen molar-refractivity contribution in [2.45, 2.75) is 19.9 Å². The number of rotatable bonds is 6. The van der Waals surface area contributed by atoms with Gasteiger partial charge in [0.2, 0.25) is 0 Å². The van der Waals surface area contributed by atoms with Gasteiger partial charge in [-0.1, -0.05) is 6.92 Å². The molecule has 0 amide bonds. The van der Waals surface area contributed by atoms with Crippen molar-refractivity contribution in [2.24, 2.45) is 7.05 Å². The molecule has 7 heteroatoms. The number of carbonyl (C=O) groups excluding carboxylic acids is 1. The van der Waals surface area contributed by atoms with E-state index >= 15 is 0 Å². The fourth-order valence-corrected chi connectivity index (χ4v) is 1.36. The minimum Gasteiger partial charge on any atom is -0.468 e. The molecular formula is C9H17N5O2. The second-order valence-corrected chi connectivity index (χ2v) is 3.48. The summed E-state index contributed by atoms with van der Waals surface area (Å²) in [5, 5.41) is 11.7. The van der Waals surface area contributed by atoms with Gasteiger partial charge in [-0.25, -0.2) is 0 Å². The lowest BCUT2D eigenvalue weighted by molar-refractivity contribution is -0.142. The molecule has 0 aliphatic rings. The fourth-order valence-electron chi connectivity index (χ4n) is 1.36. The average Bonchev–Trinajstić information content (AvgIpc) is 2.64. The molecule has 0 aliphatic carbocycles. The Morgan fingerprint density at radius 1 is 1.56 bits per heavy atom. The van der Waals surface area contributed by atoms with Gasteiger partial charge in [0.1, 0.15) is 0 Å². The Kier molecular flexibility index (Phi) is 4.84. The smallest absolute Gasteiger partial charge is 0.319 e. The second-order valence-electron chi connectivity index (χ2n) is 3.48. The van der Waals surface area contributed by atoms with Crippen LogP contribution in [-0.4, -0.2) is 51.3 Å². The third-order valence-electron chi connectivity index (χ3n) is 2.03. The van der Waals surface area contributed by atoms with E-state index in [4.69, 9.17) is 0 Å². The highest BCUT2D eigenvalue weighted by atomic mass is 16.5. The summed E-state index contributed by atoms with van der Waals surface area (Å²) in [6.45, 7) is 3.61. The molecule has 0 unspecified atom stereocenters. The van der Waals surface area contributed by atoms with Crippen LogP contribution >= 0.6 is 0 Å². The molecule has 0 radical (unpaired) electrons. The van der Waals surface area contributed by atoms with E-state index in [0.717, 1.165) is 13.0 Å². The number of ether oxygens (including phenoxy) is 1. The van der Waals surface area contributed by atoms with Crippen LogP contribution in [0.4, 0.5) is 0 Å².